The number of nitrogens with zero attached hydrogens (tertiary/aromatic N) is 6. The summed E-state index contributed by atoms with van der Waals surface area (Å²) in [4.78, 5) is 4.40. The first kappa shape index (κ1) is 44.5. The fourth-order valence-corrected chi connectivity index (χ4v) is 6.14. The van der Waals surface area contributed by atoms with E-state index in [1.807, 2.05) is 125 Å². The van der Waals surface area contributed by atoms with Crippen LogP contribution >= 0.6 is 0 Å². The SMILES string of the molecule is C=C/C=C\C=C/CN(/C(C=CCC(=C)c1nnc(C(/C=C\C)=C/C(=C\C)c2nnc(/C(C)=C/C=C(\C=C)N(C3=CC=CCC=C3)c3ccccc3)o2)o1)=C/C)c1ccccc1. The monoisotopic (exact) mass is 806 g/mol. The molecule has 0 bridgehead atoms. The van der Waals surface area contributed by atoms with Crippen LogP contribution in [0.4, 0.5) is 11.4 Å². The molecule has 5 rings (SSSR count). The van der Waals surface area contributed by atoms with Crippen molar-refractivity contribution in [2.75, 3.05) is 16.3 Å². The van der Waals surface area contributed by atoms with E-state index in [1.54, 1.807) is 6.08 Å². The summed E-state index contributed by atoms with van der Waals surface area (Å²) in [5, 5.41) is 17.5. The average molecular weight is 807 g/mol. The summed E-state index contributed by atoms with van der Waals surface area (Å²) in [7, 11) is 0. The highest BCUT2D eigenvalue weighted by atomic mass is 16.4. The highest BCUT2D eigenvalue weighted by molar-refractivity contribution is 5.83. The molecule has 0 aliphatic heterocycles. The topological polar surface area (TPSA) is 84.3 Å². The normalized spacial score (nSPS) is 14.4. The van der Waals surface area contributed by atoms with Crippen molar-refractivity contribution >= 4 is 33.7 Å². The minimum Gasteiger partial charge on any atom is -0.417 e. The van der Waals surface area contributed by atoms with Gasteiger partial charge in [-0.1, -0.05) is 141 Å². The Morgan fingerprint density at radius 1 is 0.721 bits per heavy atom. The maximum atomic E-state index is 6.22. The van der Waals surface area contributed by atoms with Crippen LogP contribution in [-0.4, -0.2) is 26.9 Å². The molecule has 0 saturated carbocycles. The summed E-state index contributed by atoms with van der Waals surface area (Å²) >= 11 is 0. The highest BCUT2D eigenvalue weighted by Crippen LogP contribution is 2.29. The van der Waals surface area contributed by atoms with E-state index in [-0.39, 0.29) is 0 Å². The molecule has 1 aliphatic carbocycles. The van der Waals surface area contributed by atoms with Crippen LogP contribution in [0.15, 0.2) is 228 Å². The summed E-state index contributed by atoms with van der Waals surface area (Å²) in [6, 6.07) is 20.5. The Kier molecular flexibility index (Phi) is 17.3. The predicted molar refractivity (Wildman–Crippen MR) is 256 cm³/mol. The van der Waals surface area contributed by atoms with Crippen molar-refractivity contribution in [3.63, 3.8) is 0 Å². The minimum atomic E-state index is 0.342. The Balaban J connectivity index is 1.31. The second kappa shape index (κ2) is 23.7. The molecule has 2 aromatic carbocycles. The number of benzene rings is 2. The third-order valence-corrected chi connectivity index (χ3v) is 9.27. The second-order valence-corrected chi connectivity index (χ2v) is 13.6. The average Bonchev–Trinajstić information content (AvgIpc) is 3.93. The molecule has 0 N–H and O–H groups in total. The molecule has 2 heterocycles. The molecule has 2 aromatic heterocycles. The number of rotatable bonds is 20. The van der Waals surface area contributed by atoms with Gasteiger partial charge in [-0.3, -0.25) is 0 Å². The van der Waals surface area contributed by atoms with Crippen LogP contribution in [-0.2, 0) is 0 Å². The van der Waals surface area contributed by atoms with Gasteiger partial charge in [0.25, 0.3) is 0 Å². The van der Waals surface area contributed by atoms with Gasteiger partial charge in [0.2, 0.25) is 23.6 Å². The van der Waals surface area contributed by atoms with E-state index in [0.717, 1.165) is 40.5 Å². The molecule has 0 unspecified atom stereocenters. The van der Waals surface area contributed by atoms with Gasteiger partial charge in [-0.15, -0.1) is 20.4 Å². The van der Waals surface area contributed by atoms with E-state index >= 15 is 0 Å². The zero-order valence-electron chi connectivity index (χ0n) is 35.6. The molecular weight excluding hydrogens is 753 g/mol. The zero-order chi connectivity index (χ0) is 43.2. The third kappa shape index (κ3) is 12.7. The largest absolute Gasteiger partial charge is 0.417 e. The van der Waals surface area contributed by atoms with Crippen molar-refractivity contribution in [1.82, 2.24) is 20.4 Å². The lowest BCUT2D eigenvalue weighted by Crippen LogP contribution is -2.21. The molecule has 61 heavy (non-hydrogen) atoms. The number of hydrogen-bond acceptors (Lipinski definition) is 8. The molecular formula is C53H54N6O2. The van der Waals surface area contributed by atoms with Gasteiger partial charge in [0.05, 0.1) is 0 Å². The summed E-state index contributed by atoms with van der Waals surface area (Å²) < 4.78 is 12.4. The van der Waals surface area contributed by atoms with Gasteiger partial charge in [0, 0.05) is 57.3 Å². The summed E-state index contributed by atoms with van der Waals surface area (Å²) in [6.45, 7) is 20.6. The van der Waals surface area contributed by atoms with Gasteiger partial charge in [-0.05, 0) is 101 Å². The zero-order valence-corrected chi connectivity index (χ0v) is 35.6. The van der Waals surface area contributed by atoms with Crippen LogP contribution in [0.2, 0.25) is 0 Å². The molecule has 0 radical (unpaired) electrons. The van der Waals surface area contributed by atoms with Gasteiger partial charge in [-0.2, -0.15) is 0 Å². The van der Waals surface area contributed by atoms with Gasteiger partial charge >= 0.3 is 0 Å². The lowest BCUT2D eigenvalue weighted by atomic mass is 10.1. The van der Waals surface area contributed by atoms with Crippen LogP contribution in [0.25, 0.3) is 22.3 Å². The standard InChI is InChI=1S/C53H54N6O2/c1-8-13-14-17-26-39-58(47-30-22-18-23-31-47)45(11-4)36-27-29-41(6)50-54-57-53(61-50)44(28-9-2)40-43(10-3)52-56-55-51(60-52)42(7)37-38-46(12-5)59(49-34-24-19-25-35-49)48-32-20-15-16-21-33-48/h8-15,17-28,30-38,40H,1,5-6,16,29,39H2,2-4,7H3/b14-13-,26-17-,28-9-,36-27?,42-37+,43-10+,44-40+,45-11+,46-38+. The first-order valence-corrected chi connectivity index (χ1v) is 20.3. The summed E-state index contributed by atoms with van der Waals surface area (Å²) in [5.74, 6) is 1.45. The highest BCUT2D eigenvalue weighted by Gasteiger charge is 2.17. The van der Waals surface area contributed by atoms with E-state index in [2.05, 4.69) is 129 Å². The molecule has 0 fully saturated rings. The van der Waals surface area contributed by atoms with Crippen molar-refractivity contribution in [2.45, 2.75) is 40.5 Å². The molecule has 0 saturated heterocycles. The second-order valence-electron chi connectivity index (χ2n) is 13.6. The van der Waals surface area contributed by atoms with Crippen LogP contribution in [0.5, 0.6) is 0 Å². The smallest absolute Gasteiger partial charge is 0.248 e. The number of hydrogen-bond donors (Lipinski definition) is 0. The van der Waals surface area contributed by atoms with E-state index in [4.69, 9.17) is 8.83 Å². The maximum absolute atomic E-state index is 6.22. The van der Waals surface area contributed by atoms with Gasteiger partial charge in [0.15, 0.2) is 0 Å². The number of anilines is 2. The number of aromatic nitrogens is 4. The maximum Gasteiger partial charge on any atom is 0.248 e. The molecule has 1 aliphatic rings. The molecule has 308 valence electrons. The van der Waals surface area contributed by atoms with E-state index in [1.165, 1.54) is 0 Å². The molecule has 0 amide bonds. The van der Waals surface area contributed by atoms with Crippen molar-refractivity contribution in [3.8, 4) is 0 Å². The van der Waals surface area contributed by atoms with E-state index in [0.29, 0.717) is 53.2 Å². The van der Waals surface area contributed by atoms with Crippen LogP contribution < -0.4 is 9.80 Å². The van der Waals surface area contributed by atoms with E-state index < -0.39 is 0 Å². The summed E-state index contributed by atoms with van der Waals surface area (Å²) in [5.41, 5.74) is 7.93. The molecule has 4 aromatic rings. The van der Waals surface area contributed by atoms with Gasteiger partial charge < -0.3 is 18.6 Å². The Morgan fingerprint density at radius 2 is 1.41 bits per heavy atom. The summed E-state index contributed by atoms with van der Waals surface area (Å²) in [6.07, 6.45) is 41.3. The Hall–Kier alpha value is -7.58. The fraction of sp³-hybridized carbons (Fsp3) is 0.132. The molecule has 8 nitrogen and oxygen atoms in total. The van der Waals surface area contributed by atoms with Crippen LogP contribution in [0.3, 0.4) is 0 Å². The Labute approximate surface area is 361 Å². The first-order valence-electron chi connectivity index (χ1n) is 20.3. The lowest BCUT2D eigenvalue weighted by Gasteiger charge is -2.27. The van der Waals surface area contributed by atoms with Crippen molar-refractivity contribution in [1.29, 1.82) is 0 Å². The quantitative estimate of drug-likeness (QED) is 0.0817. The minimum absolute atomic E-state index is 0.342. The van der Waals surface area contributed by atoms with Gasteiger partial charge in [-0.25, -0.2) is 0 Å². The van der Waals surface area contributed by atoms with Crippen LogP contribution in [0.1, 0.15) is 64.1 Å². The lowest BCUT2D eigenvalue weighted by molar-refractivity contribution is 0.523. The van der Waals surface area contributed by atoms with Crippen LogP contribution in [0, 0.1) is 0 Å². The molecule has 0 spiro atoms. The Morgan fingerprint density at radius 3 is 2.10 bits per heavy atom. The van der Waals surface area contributed by atoms with E-state index in [9.17, 15) is 0 Å². The molecule has 0 atom stereocenters. The number of para-hydroxylation sites is 2. The molecule has 8 heteroatoms. The number of allylic oxidation sites excluding steroid dienone is 23. The van der Waals surface area contributed by atoms with Crippen molar-refractivity contribution in [3.05, 3.63) is 243 Å². The predicted octanol–water partition coefficient (Wildman–Crippen LogP) is 13.6. The van der Waals surface area contributed by atoms with Gasteiger partial charge in [0.1, 0.15) is 0 Å². The van der Waals surface area contributed by atoms with Crippen molar-refractivity contribution < 1.29 is 8.83 Å². The first-order chi connectivity index (χ1) is 29.9. The van der Waals surface area contributed by atoms with Crippen molar-refractivity contribution in [2.24, 2.45) is 0 Å². The fourth-order valence-electron chi connectivity index (χ4n) is 6.14. The Bertz CT molecular complexity index is 2490. The third-order valence-electron chi connectivity index (χ3n) is 9.27.